The number of benzene rings is 1. The summed E-state index contributed by atoms with van der Waals surface area (Å²) in [6, 6.07) is 8.88. The van der Waals surface area contributed by atoms with E-state index in [1.807, 2.05) is 18.2 Å². The minimum absolute atomic E-state index is 0.238. The van der Waals surface area contributed by atoms with E-state index in [1.54, 1.807) is 18.2 Å². The van der Waals surface area contributed by atoms with Crippen molar-refractivity contribution in [2.24, 2.45) is 4.99 Å². The van der Waals surface area contributed by atoms with Gasteiger partial charge >= 0.3 is 5.97 Å². The van der Waals surface area contributed by atoms with E-state index in [4.69, 9.17) is 10.4 Å². The molecule has 0 saturated carbocycles. The van der Waals surface area contributed by atoms with Crippen molar-refractivity contribution in [1.29, 1.82) is 5.26 Å². The molecule has 0 radical (unpaired) electrons. The number of carboxylic acid groups (broad SMARTS) is 1. The largest absolute Gasteiger partial charge is 0.477 e. The fraction of sp³-hybridized carbons (Fsp3) is 0.250. The molecule has 0 aromatic heterocycles. The van der Waals surface area contributed by atoms with Crippen molar-refractivity contribution in [3.8, 4) is 6.07 Å². The summed E-state index contributed by atoms with van der Waals surface area (Å²) in [5.74, 6) is -1.79. The van der Waals surface area contributed by atoms with Gasteiger partial charge in [0.15, 0.2) is 0 Å². The molecule has 0 aliphatic heterocycles. The van der Waals surface area contributed by atoms with Crippen LogP contribution in [-0.4, -0.2) is 22.7 Å². The highest BCUT2D eigenvalue weighted by atomic mass is 16.4. The van der Waals surface area contributed by atoms with Crippen LogP contribution in [0.3, 0.4) is 0 Å². The van der Waals surface area contributed by atoms with E-state index in [0.29, 0.717) is 12.0 Å². The number of hydrogen-bond acceptors (Lipinski definition) is 3. The number of hydrogen-bond donors (Lipinski definition) is 1. The number of carbonyl (C=O) groups excluding carboxylic acids is 1. The van der Waals surface area contributed by atoms with Gasteiger partial charge in [-0.1, -0.05) is 24.3 Å². The first-order chi connectivity index (χ1) is 10.0. The van der Waals surface area contributed by atoms with Gasteiger partial charge in [-0.05, 0) is 37.5 Å². The number of aliphatic imine (C=N–C) groups is 1. The number of unbranched alkanes of at least 4 members (excludes halogenated alkanes) is 2. The second kappa shape index (κ2) is 8.43. The van der Waals surface area contributed by atoms with Crippen molar-refractivity contribution in [2.75, 3.05) is 0 Å². The lowest BCUT2D eigenvalue weighted by Crippen LogP contribution is -2.11. The molecule has 1 amide bonds. The fourth-order valence-corrected chi connectivity index (χ4v) is 1.56. The van der Waals surface area contributed by atoms with Crippen LogP contribution in [0, 0.1) is 11.3 Å². The Labute approximate surface area is 123 Å². The summed E-state index contributed by atoms with van der Waals surface area (Å²) in [6.07, 6.45) is 5.91. The van der Waals surface area contributed by atoms with Crippen molar-refractivity contribution in [2.45, 2.75) is 26.2 Å². The van der Waals surface area contributed by atoms with Gasteiger partial charge in [-0.3, -0.25) is 4.79 Å². The van der Waals surface area contributed by atoms with Crippen LogP contribution in [0.4, 0.5) is 0 Å². The smallest absolute Gasteiger partial charge is 0.350 e. The normalized spacial score (nSPS) is 11.3. The molecular formula is C16H16N2O3. The molecule has 0 bridgehead atoms. The summed E-state index contributed by atoms with van der Waals surface area (Å²) in [7, 11) is 0. The molecule has 0 atom stereocenters. The van der Waals surface area contributed by atoms with Crippen molar-refractivity contribution in [3.63, 3.8) is 0 Å². The first kappa shape index (κ1) is 16.3. The van der Waals surface area contributed by atoms with Gasteiger partial charge in [0.1, 0.15) is 5.71 Å². The monoisotopic (exact) mass is 284 g/mol. The molecule has 5 heteroatoms. The Hall–Kier alpha value is -2.74. The van der Waals surface area contributed by atoms with E-state index in [2.05, 4.69) is 11.1 Å². The third-order valence-corrected chi connectivity index (χ3v) is 2.68. The minimum atomic E-state index is -1.21. The summed E-state index contributed by atoms with van der Waals surface area (Å²) >= 11 is 0. The van der Waals surface area contributed by atoms with Gasteiger partial charge in [-0.25, -0.2) is 9.79 Å². The molecule has 1 N–H and O–H groups in total. The molecule has 1 aromatic carbocycles. The second-order valence-electron chi connectivity index (χ2n) is 4.39. The Morgan fingerprint density at radius 2 is 2.19 bits per heavy atom. The summed E-state index contributed by atoms with van der Waals surface area (Å²) in [5, 5.41) is 17.1. The molecule has 21 heavy (non-hydrogen) atoms. The quantitative estimate of drug-likeness (QED) is 0.642. The number of nitriles is 1. The van der Waals surface area contributed by atoms with Crippen LogP contribution in [0.1, 0.15) is 42.1 Å². The number of carboxylic acids is 1. The molecular weight excluding hydrogens is 268 g/mol. The first-order valence-electron chi connectivity index (χ1n) is 6.51. The minimum Gasteiger partial charge on any atom is -0.477 e. The summed E-state index contributed by atoms with van der Waals surface area (Å²) < 4.78 is 0. The maximum absolute atomic E-state index is 11.8. The molecule has 0 heterocycles. The highest BCUT2D eigenvalue weighted by Gasteiger charge is 2.08. The average Bonchev–Trinajstić information content (AvgIpc) is 2.47. The van der Waals surface area contributed by atoms with Crippen molar-refractivity contribution < 1.29 is 14.7 Å². The van der Waals surface area contributed by atoms with Gasteiger partial charge in [0, 0.05) is 12.0 Å². The predicted octanol–water partition coefficient (Wildman–Crippen LogP) is 3.08. The number of rotatable bonds is 6. The Morgan fingerprint density at radius 3 is 2.86 bits per heavy atom. The molecule has 0 spiro atoms. The van der Waals surface area contributed by atoms with E-state index < -0.39 is 11.9 Å². The van der Waals surface area contributed by atoms with Crippen LogP contribution >= 0.6 is 0 Å². The summed E-state index contributed by atoms with van der Waals surface area (Å²) in [6.45, 7) is 1.28. The Bertz CT molecular complexity index is 625. The average molecular weight is 284 g/mol. The Balaban J connectivity index is 2.77. The van der Waals surface area contributed by atoms with Crippen LogP contribution < -0.4 is 0 Å². The van der Waals surface area contributed by atoms with Gasteiger partial charge < -0.3 is 5.11 Å². The molecule has 0 saturated heterocycles. The van der Waals surface area contributed by atoms with Gasteiger partial charge in [-0.15, -0.1) is 0 Å². The van der Waals surface area contributed by atoms with E-state index in [-0.39, 0.29) is 5.71 Å². The number of nitrogens with zero attached hydrogens (tertiary/aromatic N) is 2. The molecule has 0 aliphatic rings. The summed E-state index contributed by atoms with van der Waals surface area (Å²) in [5.41, 5.74) is 0.938. The highest BCUT2D eigenvalue weighted by Crippen LogP contribution is 2.10. The summed E-state index contributed by atoms with van der Waals surface area (Å²) in [4.78, 5) is 26.0. The third kappa shape index (κ3) is 5.83. The molecule has 1 aromatic rings. The molecule has 1 rings (SSSR count). The lowest BCUT2D eigenvalue weighted by molar-refractivity contribution is -0.129. The van der Waals surface area contributed by atoms with E-state index >= 15 is 0 Å². The molecule has 108 valence electrons. The maximum Gasteiger partial charge on any atom is 0.350 e. The van der Waals surface area contributed by atoms with Gasteiger partial charge in [0.2, 0.25) is 0 Å². The Kier molecular flexibility index (Phi) is 6.55. The van der Waals surface area contributed by atoms with Crippen LogP contribution in [0.5, 0.6) is 0 Å². The molecule has 5 nitrogen and oxygen atoms in total. The predicted molar refractivity (Wildman–Crippen MR) is 80.0 cm³/mol. The maximum atomic E-state index is 11.8. The van der Waals surface area contributed by atoms with Crippen molar-refractivity contribution in [1.82, 2.24) is 0 Å². The van der Waals surface area contributed by atoms with Crippen molar-refractivity contribution in [3.05, 3.63) is 41.5 Å². The zero-order valence-electron chi connectivity index (χ0n) is 11.7. The lowest BCUT2D eigenvalue weighted by atomic mass is 10.1. The van der Waals surface area contributed by atoms with Gasteiger partial charge in [0.25, 0.3) is 5.91 Å². The lowest BCUT2D eigenvalue weighted by Gasteiger charge is -1.99. The number of aliphatic carboxylic acids is 1. The van der Waals surface area contributed by atoms with Crippen LogP contribution in [0.15, 0.2) is 35.3 Å². The standard InChI is InChI=1S/C16H16N2O3/c1-12(16(20)21)18-15(19)14-9-6-8-13(11-14)7-4-2-3-5-10-17/h4,6-9,11H,2-3,5H2,1H3,(H,20,21)/b7-4-,18-12+. The third-order valence-electron chi connectivity index (χ3n) is 2.68. The van der Waals surface area contributed by atoms with Gasteiger partial charge in [-0.2, -0.15) is 5.26 Å². The zero-order chi connectivity index (χ0) is 15.7. The topological polar surface area (TPSA) is 90.5 Å². The van der Waals surface area contributed by atoms with Crippen LogP contribution in [0.2, 0.25) is 0 Å². The zero-order valence-corrected chi connectivity index (χ0v) is 11.7. The number of amides is 1. The van der Waals surface area contributed by atoms with E-state index in [1.165, 1.54) is 6.92 Å². The molecule has 0 fully saturated rings. The Morgan fingerprint density at radius 1 is 1.43 bits per heavy atom. The molecule has 0 unspecified atom stereocenters. The first-order valence-corrected chi connectivity index (χ1v) is 6.51. The SMILES string of the molecule is C/C(=N\C(=O)c1cccc(/C=C\CCCC#N)c1)C(=O)O. The number of carbonyl (C=O) groups is 2. The second-order valence-corrected chi connectivity index (χ2v) is 4.39. The molecule has 0 aliphatic carbocycles. The van der Waals surface area contributed by atoms with E-state index in [9.17, 15) is 9.59 Å². The number of allylic oxidation sites excluding steroid dienone is 1. The van der Waals surface area contributed by atoms with Crippen molar-refractivity contribution >= 4 is 23.7 Å². The van der Waals surface area contributed by atoms with Crippen LogP contribution in [0.25, 0.3) is 6.08 Å². The fourth-order valence-electron chi connectivity index (χ4n) is 1.56. The highest BCUT2D eigenvalue weighted by molar-refractivity contribution is 6.36. The van der Waals surface area contributed by atoms with Gasteiger partial charge in [0.05, 0.1) is 6.07 Å². The van der Waals surface area contributed by atoms with E-state index in [0.717, 1.165) is 18.4 Å². The van der Waals surface area contributed by atoms with Crippen LogP contribution in [-0.2, 0) is 4.79 Å².